The zero-order chi connectivity index (χ0) is 20.9. The zero-order valence-electron chi connectivity index (χ0n) is 14.9. The van der Waals surface area contributed by atoms with Crippen LogP contribution in [-0.2, 0) is 10.0 Å². The molecule has 1 heterocycles. The van der Waals surface area contributed by atoms with Gasteiger partial charge >= 0.3 is 5.88 Å². The molecule has 13 heteroatoms. The van der Waals surface area contributed by atoms with Crippen LogP contribution in [0.1, 0.15) is 19.6 Å². The van der Waals surface area contributed by atoms with Crippen LogP contribution in [0.25, 0.3) is 0 Å². The van der Waals surface area contributed by atoms with E-state index >= 15 is 0 Å². The molecule has 1 aromatic carbocycles. The van der Waals surface area contributed by atoms with Gasteiger partial charge < -0.3 is 4.42 Å². The molecule has 0 aliphatic heterocycles. The van der Waals surface area contributed by atoms with Crippen molar-refractivity contribution < 1.29 is 22.7 Å². The van der Waals surface area contributed by atoms with Gasteiger partial charge in [0.2, 0.25) is 10.0 Å². The molecule has 28 heavy (non-hydrogen) atoms. The van der Waals surface area contributed by atoms with Crippen molar-refractivity contribution in [1.29, 1.82) is 0 Å². The minimum absolute atomic E-state index is 0.00908. The number of rotatable bonds is 9. The van der Waals surface area contributed by atoms with E-state index in [9.17, 15) is 28.6 Å². The Labute approximate surface area is 159 Å². The lowest BCUT2D eigenvalue weighted by atomic mass is 10.3. The first kappa shape index (κ1) is 21.0. The number of sulfonamides is 1. The van der Waals surface area contributed by atoms with Crippen molar-refractivity contribution in [3.8, 4) is 0 Å². The standard InChI is InChI=1S/C15H17N5O7S/c1-3-18(4-2)28(25,26)14-9-11(19(21)22)5-7-13(14)17-16-10-12-6-8-15(27-12)20(23)24/h5-10,17H,3-4H2,1-2H3. The quantitative estimate of drug-likeness (QED) is 0.374. The SMILES string of the molecule is CCN(CC)S(=O)(=O)c1cc([N+](=O)[O-])ccc1NN=Cc1ccc([N+](=O)[O-])o1. The Bertz CT molecular complexity index is 1010. The molecule has 0 unspecified atom stereocenters. The van der Waals surface area contributed by atoms with Gasteiger partial charge in [-0.2, -0.15) is 9.41 Å². The van der Waals surface area contributed by atoms with Gasteiger partial charge in [0.15, 0.2) is 5.76 Å². The Morgan fingerprint density at radius 1 is 1.14 bits per heavy atom. The Kier molecular flexibility index (Phi) is 6.43. The molecule has 1 aromatic heterocycles. The van der Waals surface area contributed by atoms with Crippen molar-refractivity contribution >= 4 is 33.5 Å². The average molecular weight is 411 g/mol. The summed E-state index contributed by atoms with van der Waals surface area (Å²) in [7, 11) is -4.01. The number of nitro groups is 2. The normalized spacial score (nSPS) is 11.8. The van der Waals surface area contributed by atoms with Crippen LogP contribution in [0, 0.1) is 20.2 Å². The summed E-state index contributed by atoms with van der Waals surface area (Å²) in [5.41, 5.74) is 2.11. The number of nitrogens with one attached hydrogen (secondary N) is 1. The number of furan rings is 1. The van der Waals surface area contributed by atoms with Crippen LogP contribution >= 0.6 is 0 Å². The van der Waals surface area contributed by atoms with E-state index in [4.69, 9.17) is 4.42 Å². The molecule has 1 N–H and O–H groups in total. The first-order valence-corrected chi connectivity index (χ1v) is 9.46. The Hall–Kier alpha value is -3.32. The third-order valence-electron chi connectivity index (χ3n) is 3.67. The second-order valence-electron chi connectivity index (χ2n) is 5.33. The van der Waals surface area contributed by atoms with Crippen LogP contribution in [0.15, 0.2) is 44.7 Å². The van der Waals surface area contributed by atoms with Gasteiger partial charge in [0.25, 0.3) is 5.69 Å². The number of hydrogen-bond donors (Lipinski definition) is 1. The molecular formula is C15H17N5O7S. The van der Waals surface area contributed by atoms with Crippen LogP contribution in [-0.4, -0.2) is 41.9 Å². The number of nitrogens with zero attached hydrogens (tertiary/aromatic N) is 4. The molecule has 0 saturated heterocycles. The van der Waals surface area contributed by atoms with Gasteiger partial charge in [-0.15, -0.1) is 0 Å². The van der Waals surface area contributed by atoms with E-state index in [2.05, 4.69) is 10.5 Å². The summed E-state index contributed by atoms with van der Waals surface area (Å²) >= 11 is 0. The summed E-state index contributed by atoms with van der Waals surface area (Å²) in [4.78, 5) is 19.9. The highest BCUT2D eigenvalue weighted by atomic mass is 32.2. The van der Waals surface area contributed by atoms with Crippen molar-refractivity contribution in [1.82, 2.24) is 4.31 Å². The van der Waals surface area contributed by atoms with Crippen LogP contribution in [0.4, 0.5) is 17.3 Å². The maximum atomic E-state index is 12.8. The van der Waals surface area contributed by atoms with Crippen LogP contribution in [0.5, 0.6) is 0 Å². The monoisotopic (exact) mass is 411 g/mol. The molecule has 0 fully saturated rings. The van der Waals surface area contributed by atoms with E-state index in [0.29, 0.717) is 0 Å². The second-order valence-corrected chi connectivity index (χ2v) is 7.24. The van der Waals surface area contributed by atoms with E-state index < -0.39 is 25.8 Å². The smallest absolute Gasteiger partial charge is 0.400 e. The lowest BCUT2D eigenvalue weighted by molar-refractivity contribution is -0.402. The Morgan fingerprint density at radius 3 is 2.36 bits per heavy atom. The summed E-state index contributed by atoms with van der Waals surface area (Å²) in [6.07, 6.45) is 1.11. The molecular weight excluding hydrogens is 394 g/mol. The molecule has 150 valence electrons. The fourth-order valence-electron chi connectivity index (χ4n) is 2.31. The number of nitro benzene ring substituents is 1. The maximum absolute atomic E-state index is 12.8. The average Bonchev–Trinajstić information content (AvgIpc) is 3.11. The molecule has 0 spiro atoms. The first-order chi connectivity index (χ1) is 13.2. The number of hydrazone groups is 1. The highest BCUT2D eigenvalue weighted by Gasteiger charge is 2.27. The van der Waals surface area contributed by atoms with Gasteiger partial charge in [0.05, 0.1) is 22.9 Å². The van der Waals surface area contributed by atoms with Crippen LogP contribution in [0.2, 0.25) is 0 Å². The number of anilines is 1. The van der Waals surface area contributed by atoms with Crippen molar-refractivity contribution in [3.05, 3.63) is 56.3 Å². The molecule has 0 aliphatic carbocycles. The number of benzene rings is 1. The summed E-state index contributed by atoms with van der Waals surface area (Å²) in [5, 5.41) is 25.4. The van der Waals surface area contributed by atoms with Gasteiger partial charge in [-0.3, -0.25) is 25.7 Å². The van der Waals surface area contributed by atoms with Crippen LogP contribution < -0.4 is 5.43 Å². The van der Waals surface area contributed by atoms with Gasteiger partial charge in [0, 0.05) is 25.2 Å². The third kappa shape index (κ3) is 4.50. The Balaban J connectivity index is 2.38. The van der Waals surface area contributed by atoms with Gasteiger partial charge in [-0.25, -0.2) is 8.42 Å². The molecule has 2 rings (SSSR count). The van der Waals surface area contributed by atoms with E-state index in [1.54, 1.807) is 13.8 Å². The Morgan fingerprint density at radius 2 is 1.82 bits per heavy atom. The first-order valence-electron chi connectivity index (χ1n) is 8.02. The highest BCUT2D eigenvalue weighted by Crippen LogP contribution is 2.29. The summed E-state index contributed by atoms with van der Waals surface area (Å²) in [6, 6.07) is 5.76. The topological polar surface area (TPSA) is 161 Å². The van der Waals surface area contributed by atoms with E-state index in [0.717, 1.165) is 28.7 Å². The molecule has 0 saturated carbocycles. The molecule has 2 aromatic rings. The molecule has 0 bridgehead atoms. The molecule has 0 radical (unpaired) electrons. The summed E-state index contributed by atoms with van der Waals surface area (Å²) < 4.78 is 31.7. The predicted octanol–water partition coefficient (Wildman–Crippen LogP) is 2.57. The van der Waals surface area contributed by atoms with Crippen molar-refractivity contribution in [2.75, 3.05) is 18.5 Å². The van der Waals surface area contributed by atoms with E-state index in [1.807, 2.05) is 0 Å². The van der Waals surface area contributed by atoms with Crippen molar-refractivity contribution in [3.63, 3.8) is 0 Å². The van der Waals surface area contributed by atoms with Crippen molar-refractivity contribution in [2.45, 2.75) is 18.7 Å². The van der Waals surface area contributed by atoms with Crippen molar-refractivity contribution in [2.24, 2.45) is 5.10 Å². The van der Waals surface area contributed by atoms with E-state index in [1.165, 1.54) is 12.1 Å². The lowest BCUT2D eigenvalue weighted by Crippen LogP contribution is -2.31. The van der Waals surface area contributed by atoms with Gasteiger partial charge in [-0.05, 0) is 12.1 Å². The third-order valence-corrected chi connectivity index (χ3v) is 5.76. The minimum atomic E-state index is -4.01. The molecule has 0 atom stereocenters. The van der Waals surface area contributed by atoms with Gasteiger partial charge in [-0.1, -0.05) is 13.8 Å². The van der Waals surface area contributed by atoms with E-state index in [-0.39, 0.29) is 35.1 Å². The molecule has 12 nitrogen and oxygen atoms in total. The minimum Gasteiger partial charge on any atom is -0.400 e. The largest absolute Gasteiger partial charge is 0.433 e. The molecule has 0 amide bonds. The molecule has 0 aliphatic rings. The second kappa shape index (κ2) is 8.58. The number of non-ortho nitro benzene ring substituents is 1. The zero-order valence-corrected chi connectivity index (χ0v) is 15.7. The fraction of sp³-hybridized carbons (Fsp3) is 0.267. The van der Waals surface area contributed by atoms with Gasteiger partial charge in [0.1, 0.15) is 9.82 Å². The fourth-order valence-corrected chi connectivity index (χ4v) is 3.93. The number of hydrogen-bond acceptors (Lipinski definition) is 9. The summed E-state index contributed by atoms with van der Waals surface area (Å²) in [5.74, 6) is -0.407. The maximum Gasteiger partial charge on any atom is 0.433 e. The predicted molar refractivity (Wildman–Crippen MR) is 99.8 cm³/mol. The summed E-state index contributed by atoms with van der Waals surface area (Å²) in [6.45, 7) is 3.65. The van der Waals surface area contributed by atoms with Crippen LogP contribution in [0.3, 0.4) is 0 Å². The highest BCUT2D eigenvalue weighted by molar-refractivity contribution is 7.89. The lowest BCUT2D eigenvalue weighted by Gasteiger charge is -2.20.